The van der Waals surface area contributed by atoms with Crippen LogP contribution >= 0.6 is 0 Å². The highest BCUT2D eigenvalue weighted by Crippen LogP contribution is 2.31. The Bertz CT molecular complexity index is 1360. The van der Waals surface area contributed by atoms with Gasteiger partial charge in [-0.15, -0.1) is 0 Å². The third-order valence-corrected chi connectivity index (χ3v) is 7.55. The highest BCUT2D eigenvalue weighted by Gasteiger charge is 2.13. The second-order valence-electron chi connectivity index (χ2n) is 10.2. The zero-order valence-electron chi connectivity index (χ0n) is 25.8. The molecule has 0 aliphatic rings. The van der Waals surface area contributed by atoms with Crippen molar-refractivity contribution in [2.45, 2.75) is 67.3 Å². The number of pyridine rings is 2. The monoisotopic (exact) mass is 568 g/mol. The van der Waals surface area contributed by atoms with Crippen molar-refractivity contribution in [3.63, 3.8) is 0 Å². The van der Waals surface area contributed by atoms with Gasteiger partial charge in [0.05, 0.1) is 7.11 Å². The van der Waals surface area contributed by atoms with Crippen molar-refractivity contribution in [3.8, 4) is 28.8 Å². The second kappa shape index (κ2) is 15.3. The first-order valence-electron chi connectivity index (χ1n) is 14.9. The Morgan fingerprint density at radius 2 is 1.14 bits per heavy atom. The molecular formula is C35H44N4O3. The number of hydrogen-bond donors (Lipinski definition) is 2. The predicted octanol–water partition coefficient (Wildman–Crippen LogP) is 6.71. The number of methoxy groups -OCH3 is 1. The van der Waals surface area contributed by atoms with Gasteiger partial charge in [-0.05, 0) is 78.4 Å². The number of benzene rings is 2. The highest BCUT2D eigenvalue weighted by atomic mass is 16.5. The van der Waals surface area contributed by atoms with Crippen LogP contribution < -0.4 is 24.8 Å². The lowest BCUT2D eigenvalue weighted by Gasteiger charge is -2.17. The van der Waals surface area contributed by atoms with Gasteiger partial charge in [-0.3, -0.25) is 0 Å². The molecule has 4 rings (SSSR count). The van der Waals surface area contributed by atoms with E-state index in [0.717, 1.165) is 48.4 Å². The summed E-state index contributed by atoms with van der Waals surface area (Å²) in [5.41, 5.74) is 10.3. The molecule has 0 aliphatic carbocycles. The maximum Gasteiger partial charge on any atom is 0.220 e. The first-order chi connectivity index (χ1) is 20.5. The number of nitrogens with one attached hydrogen (secondary N) is 2. The first kappa shape index (κ1) is 31.0. The molecule has 0 bridgehead atoms. The number of aryl methyl sites for hydroxylation is 1. The molecule has 7 nitrogen and oxygen atoms in total. The van der Waals surface area contributed by atoms with Gasteiger partial charge < -0.3 is 24.8 Å². The van der Waals surface area contributed by atoms with Crippen LogP contribution in [0, 0.1) is 13.8 Å². The Balaban J connectivity index is 1.48. The summed E-state index contributed by atoms with van der Waals surface area (Å²) < 4.78 is 17.8. The minimum absolute atomic E-state index is 0.416. The molecule has 2 aromatic carbocycles. The SMILES string of the molecule is CCNCc1ccc(OCc2cccc(-c3cccc(COc4ccc(CNCC)c(OC)n4)c3C)c2C)nc1CC. The summed E-state index contributed by atoms with van der Waals surface area (Å²) in [4.78, 5) is 9.34. The summed E-state index contributed by atoms with van der Waals surface area (Å²) in [5.74, 6) is 1.79. The van der Waals surface area contributed by atoms with Crippen molar-refractivity contribution >= 4 is 0 Å². The molecule has 2 heterocycles. The van der Waals surface area contributed by atoms with E-state index in [9.17, 15) is 0 Å². The van der Waals surface area contributed by atoms with E-state index in [4.69, 9.17) is 19.2 Å². The fourth-order valence-electron chi connectivity index (χ4n) is 4.99. The second-order valence-corrected chi connectivity index (χ2v) is 10.2. The van der Waals surface area contributed by atoms with E-state index in [1.165, 1.54) is 27.8 Å². The minimum atomic E-state index is 0.416. The molecule has 0 saturated carbocycles. The van der Waals surface area contributed by atoms with Crippen molar-refractivity contribution < 1.29 is 14.2 Å². The molecule has 0 fully saturated rings. The summed E-state index contributed by atoms with van der Waals surface area (Å²) in [5, 5.41) is 6.69. The van der Waals surface area contributed by atoms with E-state index in [1.807, 2.05) is 18.2 Å². The van der Waals surface area contributed by atoms with Gasteiger partial charge in [0, 0.05) is 36.5 Å². The number of hydrogen-bond acceptors (Lipinski definition) is 7. The Labute approximate surface area is 250 Å². The van der Waals surface area contributed by atoms with Crippen molar-refractivity contribution in [1.82, 2.24) is 20.6 Å². The number of ether oxygens (including phenoxy) is 3. The molecule has 0 unspecified atom stereocenters. The lowest BCUT2D eigenvalue weighted by Crippen LogP contribution is -2.14. The van der Waals surface area contributed by atoms with Crippen LogP contribution in [0.2, 0.25) is 0 Å². The number of aromatic nitrogens is 2. The highest BCUT2D eigenvalue weighted by molar-refractivity contribution is 5.72. The number of nitrogens with zero attached hydrogens (tertiary/aromatic N) is 2. The summed E-state index contributed by atoms with van der Waals surface area (Å²) in [6.45, 7) is 14.8. The minimum Gasteiger partial charge on any atom is -0.481 e. The van der Waals surface area contributed by atoms with E-state index in [-0.39, 0.29) is 0 Å². The standard InChI is InChI=1S/C35H44N4O3/c1-7-32-26(20-36-8-2)16-18-33(38-32)41-22-28-12-10-14-30(24(28)4)31-15-11-13-29(25(31)5)23-42-34-19-17-27(21-37-9-3)35(39-34)40-6/h10-19,36-37H,7-9,20-23H2,1-6H3. The van der Waals surface area contributed by atoms with Crippen LogP contribution in [0.25, 0.3) is 11.1 Å². The normalized spacial score (nSPS) is 11.0. The van der Waals surface area contributed by atoms with E-state index >= 15 is 0 Å². The molecular weight excluding hydrogens is 524 g/mol. The zero-order valence-corrected chi connectivity index (χ0v) is 25.8. The van der Waals surface area contributed by atoms with Gasteiger partial charge in [-0.1, -0.05) is 63.2 Å². The topological polar surface area (TPSA) is 77.5 Å². The average molecular weight is 569 g/mol. The lowest BCUT2D eigenvalue weighted by atomic mass is 9.92. The van der Waals surface area contributed by atoms with Gasteiger partial charge in [-0.25, -0.2) is 4.98 Å². The summed E-state index contributed by atoms with van der Waals surface area (Å²) >= 11 is 0. The molecule has 2 N–H and O–H groups in total. The molecule has 0 amide bonds. The van der Waals surface area contributed by atoms with Gasteiger partial charge >= 0.3 is 0 Å². The first-order valence-corrected chi connectivity index (χ1v) is 14.9. The van der Waals surface area contributed by atoms with Crippen molar-refractivity contribution in [2.75, 3.05) is 20.2 Å². The molecule has 0 atom stereocenters. The fraction of sp³-hybridized carbons (Fsp3) is 0.371. The molecule has 7 heteroatoms. The number of rotatable bonds is 15. The maximum absolute atomic E-state index is 6.18. The van der Waals surface area contributed by atoms with Crippen LogP contribution in [-0.2, 0) is 32.7 Å². The van der Waals surface area contributed by atoms with Gasteiger partial charge in [0.1, 0.15) is 13.2 Å². The molecule has 0 saturated heterocycles. The summed E-state index contributed by atoms with van der Waals surface area (Å²) in [6.07, 6.45) is 0.872. The zero-order chi connectivity index (χ0) is 29.9. The smallest absolute Gasteiger partial charge is 0.220 e. The van der Waals surface area contributed by atoms with Crippen molar-refractivity contribution in [2.24, 2.45) is 0 Å². The van der Waals surface area contributed by atoms with Crippen LogP contribution in [0.4, 0.5) is 0 Å². The molecule has 222 valence electrons. The summed E-state index contributed by atoms with van der Waals surface area (Å²) in [6, 6.07) is 20.7. The van der Waals surface area contributed by atoms with Gasteiger partial charge in [0.2, 0.25) is 17.6 Å². The van der Waals surface area contributed by atoms with E-state index in [1.54, 1.807) is 7.11 Å². The van der Waals surface area contributed by atoms with E-state index < -0.39 is 0 Å². The van der Waals surface area contributed by atoms with Crippen LogP contribution in [-0.4, -0.2) is 30.2 Å². The molecule has 42 heavy (non-hydrogen) atoms. The lowest BCUT2D eigenvalue weighted by molar-refractivity contribution is 0.285. The molecule has 0 spiro atoms. The van der Waals surface area contributed by atoms with Crippen LogP contribution in [0.3, 0.4) is 0 Å². The molecule has 0 aliphatic heterocycles. The van der Waals surface area contributed by atoms with E-state index in [0.29, 0.717) is 37.4 Å². The van der Waals surface area contributed by atoms with Crippen molar-refractivity contribution in [1.29, 1.82) is 0 Å². The van der Waals surface area contributed by atoms with Crippen LogP contribution in [0.15, 0.2) is 60.7 Å². The molecule has 2 aromatic heterocycles. The summed E-state index contributed by atoms with van der Waals surface area (Å²) in [7, 11) is 1.64. The van der Waals surface area contributed by atoms with E-state index in [2.05, 4.69) is 92.7 Å². The quantitative estimate of drug-likeness (QED) is 0.165. The van der Waals surface area contributed by atoms with Gasteiger partial charge in [0.15, 0.2) is 0 Å². The third kappa shape index (κ3) is 7.66. The van der Waals surface area contributed by atoms with Crippen LogP contribution in [0.1, 0.15) is 59.8 Å². The van der Waals surface area contributed by atoms with Crippen molar-refractivity contribution in [3.05, 3.63) is 99.7 Å². The Morgan fingerprint density at radius 3 is 1.67 bits per heavy atom. The Morgan fingerprint density at radius 1 is 0.619 bits per heavy atom. The fourth-order valence-corrected chi connectivity index (χ4v) is 4.99. The largest absolute Gasteiger partial charge is 0.481 e. The predicted molar refractivity (Wildman–Crippen MR) is 169 cm³/mol. The van der Waals surface area contributed by atoms with Crippen LogP contribution in [0.5, 0.6) is 17.6 Å². The average Bonchev–Trinajstić information content (AvgIpc) is 3.02. The third-order valence-electron chi connectivity index (χ3n) is 7.55. The Kier molecular flexibility index (Phi) is 11.3. The Hall–Kier alpha value is -3.94. The molecule has 4 aromatic rings. The molecule has 0 radical (unpaired) electrons. The van der Waals surface area contributed by atoms with Gasteiger partial charge in [-0.2, -0.15) is 4.98 Å². The maximum atomic E-state index is 6.18. The van der Waals surface area contributed by atoms with Gasteiger partial charge in [0.25, 0.3) is 0 Å².